The van der Waals surface area contributed by atoms with Crippen LogP contribution in [-0.2, 0) is 0 Å². The lowest BCUT2D eigenvalue weighted by atomic mass is 10.0. The quantitative estimate of drug-likeness (QED) is 0.499. The van der Waals surface area contributed by atoms with Gasteiger partial charge in [-0.15, -0.1) is 0 Å². The molecule has 4 rings (SSSR count). The SMILES string of the molecule is Cc1ccc(N2CCN(C[C@@H](O)COc3ccc(C(=O)c4ccccc4)cc3)CC2)cc1Cl. The van der Waals surface area contributed by atoms with Crippen LogP contribution < -0.4 is 9.64 Å². The molecule has 33 heavy (non-hydrogen) atoms. The molecule has 0 spiro atoms. The Morgan fingerprint density at radius 1 is 0.970 bits per heavy atom. The van der Waals surface area contributed by atoms with Gasteiger partial charge in [0.15, 0.2) is 5.78 Å². The van der Waals surface area contributed by atoms with E-state index >= 15 is 0 Å². The molecule has 5 nitrogen and oxygen atoms in total. The first kappa shape index (κ1) is 23.3. The van der Waals surface area contributed by atoms with Crippen LogP contribution in [-0.4, -0.2) is 61.2 Å². The molecule has 0 aliphatic carbocycles. The van der Waals surface area contributed by atoms with E-state index < -0.39 is 6.10 Å². The summed E-state index contributed by atoms with van der Waals surface area (Å²) in [5, 5.41) is 11.2. The molecule has 0 bridgehead atoms. The summed E-state index contributed by atoms with van der Waals surface area (Å²) in [6.07, 6.45) is -0.587. The van der Waals surface area contributed by atoms with Gasteiger partial charge in [-0.3, -0.25) is 9.69 Å². The Morgan fingerprint density at radius 3 is 2.30 bits per heavy atom. The van der Waals surface area contributed by atoms with Gasteiger partial charge in [-0.1, -0.05) is 48.0 Å². The van der Waals surface area contributed by atoms with Crippen LogP contribution in [0.1, 0.15) is 21.5 Å². The Kier molecular flexibility index (Phi) is 7.65. The Labute approximate surface area is 200 Å². The van der Waals surface area contributed by atoms with E-state index in [0.717, 1.165) is 42.5 Å². The zero-order valence-electron chi connectivity index (χ0n) is 18.8. The molecule has 0 amide bonds. The van der Waals surface area contributed by atoms with Gasteiger partial charge in [-0.05, 0) is 48.9 Å². The number of aliphatic hydroxyl groups is 1. The molecule has 0 aromatic heterocycles. The van der Waals surface area contributed by atoms with Crippen LogP contribution in [0.2, 0.25) is 5.02 Å². The molecule has 3 aromatic carbocycles. The van der Waals surface area contributed by atoms with Gasteiger partial charge in [0.1, 0.15) is 18.5 Å². The number of hydrogen-bond acceptors (Lipinski definition) is 5. The number of rotatable bonds is 8. The highest BCUT2D eigenvalue weighted by molar-refractivity contribution is 6.31. The highest BCUT2D eigenvalue weighted by Crippen LogP contribution is 2.24. The van der Waals surface area contributed by atoms with Crippen LogP contribution in [0, 0.1) is 6.92 Å². The maximum absolute atomic E-state index is 12.5. The van der Waals surface area contributed by atoms with E-state index in [1.165, 1.54) is 0 Å². The van der Waals surface area contributed by atoms with Crippen molar-refractivity contribution in [2.75, 3.05) is 44.2 Å². The average Bonchev–Trinajstić information content (AvgIpc) is 2.85. The normalized spacial score (nSPS) is 15.3. The number of carbonyl (C=O) groups is 1. The molecule has 6 heteroatoms. The third kappa shape index (κ3) is 6.14. The molecule has 1 N–H and O–H groups in total. The molecule has 172 valence electrons. The molecular weight excluding hydrogens is 436 g/mol. The van der Waals surface area contributed by atoms with Gasteiger partial charge in [0.05, 0.1) is 0 Å². The second-order valence-electron chi connectivity index (χ2n) is 8.41. The van der Waals surface area contributed by atoms with E-state index in [0.29, 0.717) is 23.4 Å². The Hall–Kier alpha value is -2.86. The fraction of sp³-hybridized carbons (Fsp3) is 0.296. The molecule has 1 fully saturated rings. The molecule has 0 radical (unpaired) electrons. The molecule has 1 saturated heterocycles. The third-order valence-corrected chi connectivity index (χ3v) is 6.36. The van der Waals surface area contributed by atoms with Crippen molar-refractivity contribution in [2.24, 2.45) is 0 Å². The number of halogens is 1. The minimum Gasteiger partial charge on any atom is -0.491 e. The first-order valence-corrected chi connectivity index (χ1v) is 11.6. The summed E-state index contributed by atoms with van der Waals surface area (Å²) in [4.78, 5) is 17.1. The smallest absolute Gasteiger partial charge is 0.193 e. The second-order valence-corrected chi connectivity index (χ2v) is 8.81. The summed E-state index contributed by atoms with van der Waals surface area (Å²) in [5.74, 6) is 0.619. The molecular formula is C27H29ClN2O3. The van der Waals surface area contributed by atoms with Gasteiger partial charge < -0.3 is 14.7 Å². The lowest BCUT2D eigenvalue weighted by Gasteiger charge is -2.37. The van der Waals surface area contributed by atoms with Crippen LogP contribution in [0.4, 0.5) is 5.69 Å². The van der Waals surface area contributed by atoms with Crippen molar-refractivity contribution < 1.29 is 14.6 Å². The third-order valence-electron chi connectivity index (χ3n) is 5.96. The number of piperazine rings is 1. The standard InChI is InChI=1S/C27H29ClN2O3/c1-20-7-10-23(17-26(20)28)30-15-13-29(14-16-30)18-24(31)19-33-25-11-8-22(9-12-25)27(32)21-5-3-2-4-6-21/h2-12,17,24,31H,13-16,18-19H2,1H3/t24-/m1/s1. The van der Waals surface area contributed by atoms with E-state index in [9.17, 15) is 9.90 Å². The number of carbonyl (C=O) groups excluding carboxylic acids is 1. The van der Waals surface area contributed by atoms with Crippen molar-refractivity contribution >= 4 is 23.1 Å². The molecule has 3 aromatic rings. The minimum absolute atomic E-state index is 0.0192. The number of β-amino-alcohol motifs (C(OH)–C–C–N with tert-alkyl or cyclic N) is 1. The maximum Gasteiger partial charge on any atom is 0.193 e. The molecule has 1 aliphatic rings. The van der Waals surface area contributed by atoms with Crippen molar-refractivity contribution in [2.45, 2.75) is 13.0 Å². The van der Waals surface area contributed by atoms with Crippen LogP contribution >= 0.6 is 11.6 Å². The Morgan fingerprint density at radius 2 is 1.64 bits per heavy atom. The number of ketones is 1. The highest BCUT2D eigenvalue weighted by atomic mass is 35.5. The maximum atomic E-state index is 12.5. The molecule has 1 aliphatic heterocycles. The number of aryl methyl sites for hydroxylation is 1. The van der Waals surface area contributed by atoms with Crippen molar-refractivity contribution in [3.8, 4) is 5.75 Å². The predicted octanol–water partition coefficient (Wildman–Crippen LogP) is 4.44. The molecule has 1 atom stereocenters. The van der Waals surface area contributed by atoms with Crippen molar-refractivity contribution in [1.29, 1.82) is 0 Å². The topological polar surface area (TPSA) is 53.0 Å². The highest BCUT2D eigenvalue weighted by Gasteiger charge is 2.20. The Balaban J connectivity index is 1.21. The number of aliphatic hydroxyl groups excluding tert-OH is 1. The molecule has 0 saturated carbocycles. The van der Waals surface area contributed by atoms with E-state index in [4.69, 9.17) is 16.3 Å². The number of benzene rings is 3. The van der Waals surface area contributed by atoms with Crippen LogP contribution in [0.5, 0.6) is 5.75 Å². The van der Waals surface area contributed by atoms with Crippen LogP contribution in [0.15, 0.2) is 72.8 Å². The second kappa shape index (κ2) is 10.8. The van der Waals surface area contributed by atoms with Crippen molar-refractivity contribution in [1.82, 2.24) is 4.90 Å². The van der Waals surface area contributed by atoms with Gasteiger partial charge in [-0.25, -0.2) is 0 Å². The zero-order valence-corrected chi connectivity index (χ0v) is 19.5. The first-order chi connectivity index (χ1) is 16.0. The summed E-state index contributed by atoms with van der Waals surface area (Å²) in [7, 11) is 0. The van der Waals surface area contributed by atoms with Crippen LogP contribution in [0.25, 0.3) is 0 Å². The fourth-order valence-electron chi connectivity index (χ4n) is 3.97. The largest absolute Gasteiger partial charge is 0.491 e. The average molecular weight is 465 g/mol. The van der Waals surface area contributed by atoms with Gasteiger partial charge in [-0.2, -0.15) is 0 Å². The Bertz CT molecular complexity index is 1060. The van der Waals surface area contributed by atoms with E-state index in [1.807, 2.05) is 31.2 Å². The number of nitrogens with zero attached hydrogens (tertiary/aromatic N) is 2. The van der Waals surface area contributed by atoms with E-state index in [1.54, 1.807) is 36.4 Å². The summed E-state index contributed by atoms with van der Waals surface area (Å²) in [6.45, 7) is 6.31. The number of ether oxygens (including phenoxy) is 1. The summed E-state index contributed by atoms with van der Waals surface area (Å²) >= 11 is 6.27. The summed E-state index contributed by atoms with van der Waals surface area (Å²) in [6, 6.07) is 22.4. The fourth-order valence-corrected chi connectivity index (χ4v) is 4.14. The lowest BCUT2D eigenvalue weighted by molar-refractivity contribution is 0.0663. The van der Waals surface area contributed by atoms with E-state index in [-0.39, 0.29) is 12.4 Å². The van der Waals surface area contributed by atoms with Crippen molar-refractivity contribution in [3.63, 3.8) is 0 Å². The van der Waals surface area contributed by atoms with E-state index in [2.05, 4.69) is 21.9 Å². The lowest BCUT2D eigenvalue weighted by Crippen LogP contribution is -2.49. The van der Waals surface area contributed by atoms with Crippen molar-refractivity contribution in [3.05, 3.63) is 94.5 Å². The first-order valence-electron chi connectivity index (χ1n) is 11.2. The van der Waals surface area contributed by atoms with Crippen LogP contribution in [0.3, 0.4) is 0 Å². The van der Waals surface area contributed by atoms with Gasteiger partial charge in [0, 0.05) is 54.6 Å². The summed E-state index contributed by atoms with van der Waals surface area (Å²) < 4.78 is 5.75. The summed E-state index contributed by atoms with van der Waals surface area (Å²) in [5.41, 5.74) is 3.50. The number of hydrogen-bond donors (Lipinski definition) is 1. The molecule has 0 unspecified atom stereocenters. The predicted molar refractivity (Wildman–Crippen MR) is 133 cm³/mol. The zero-order chi connectivity index (χ0) is 23.2. The van der Waals surface area contributed by atoms with Gasteiger partial charge in [0.2, 0.25) is 0 Å². The molecule has 1 heterocycles. The van der Waals surface area contributed by atoms with Gasteiger partial charge in [0.25, 0.3) is 0 Å². The number of anilines is 1. The monoisotopic (exact) mass is 464 g/mol. The minimum atomic E-state index is -0.587. The van der Waals surface area contributed by atoms with Gasteiger partial charge >= 0.3 is 0 Å².